The van der Waals surface area contributed by atoms with Crippen molar-refractivity contribution < 1.29 is 32.5 Å². The fraction of sp³-hybridized carbons (Fsp3) is 0.292. The third-order valence-corrected chi connectivity index (χ3v) is 6.28. The van der Waals surface area contributed by atoms with Gasteiger partial charge in [-0.1, -0.05) is 45.0 Å². The van der Waals surface area contributed by atoms with Crippen molar-refractivity contribution in [3.63, 3.8) is 0 Å². The molecule has 0 aliphatic rings. The molecule has 3 aromatic rings. The van der Waals surface area contributed by atoms with Crippen molar-refractivity contribution in [1.82, 2.24) is 9.97 Å². The highest BCUT2D eigenvalue weighted by Gasteiger charge is 2.26. The topological polar surface area (TPSA) is 163 Å². The first-order valence-corrected chi connectivity index (χ1v) is 12.3. The molecule has 1 amide bonds. The van der Waals surface area contributed by atoms with Crippen molar-refractivity contribution in [1.29, 1.82) is 0 Å². The third kappa shape index (κ3) is 6.20. The molecule has 36 heavy (non-hydrogen) atoms. The fourth-order valence-electron chi connectivity index (χ4n) is 3.07. The molecule has 0 saturated carbocycles. The minimum absolute atomic E-state index is 0.0456. The molecule has 12 heteroatoms. The molecule has 11 nitrogen and oxygen atoms in total. The van der Waals surface area contributed by atoms with Crippen LogP contribution in [0.1, 0.15) is 37.0 Å². The van der Waals surface area contributed by atoms with Crippen LogP contribution in [0.5, 0.6) is 23.1 Å². The van der Waals surface area contributed by atoms with Crippen molar-refractivity contribution in [2.45, 2.75) is 31.1 Å². The Morgan fingerprint density at radius 1 is 1.06 bits per heavy atom. The molecule has 0 fully saturated rings. The maximum absolute atomic E-state index is 13.2. The van der Waals surface area contributed by atoms with E-state index >= 15 is 0 Å². The van der Waals surface area contributed by atoms with E-state index in [1.165, 1.54) is 19.2 Å². The summed E-state index contributed by atoms with van der Waals surface area (Å²) in [5.41, 5.74) is 6.12. The molecule has 192 valence electrons. The normalized spacial score (nSPS) is 11.6. The second-order valence-electron chi connectivity index (χ2n) is 8.60. The van der Waals surface area contributed by atoms with Crippen molar-refractivity contribution in [2.75, 3.05) is 25.0 Å². The molecule has 1 aromatic heterocycles. The van der Waals surface area contributed by atoms with E-state index in [4.69, 9.17) is 19.9 Å². The lowest BCUT2D eigenvalue weighted by Crippen LogP contribution is -2.21. The Morgan fingerprint density at radius 3 is 2.25 bits per heavy atom. The first kappa shape index (κ1) is 26.7. The summed E-state index contributed by atoms with van der Waals surface area (Å²) in [6, 6.07) is 12.9. The number of carbonyl (C=O) groups excluding carboxylic acids is 1. The maximum atomic E-state index is 13.2. The Labute approximate surface area is 209 Å². The van der Waals surface area contributed by atoms with E-state index in [1.807, 2.05) is 20.8 Å². The van der Waals surface area contributed by atoms with Gasteiger partial charge < -0.3 is 25.1 Å². The van der Waals surface area contributed by atoms with Gasteiger partial charge in [-0.2, -0.15) is 4.98 Å². The van der Waals surface area contributed by atoms with E-state index in [0.717, 1.165) is 5.56 Å². The van der Waals surface area contributed by atoms with Crippen LogP contribution in [-0.2, 0) is 15.4 Å². The molecule has 0 bridgehead atoms. The van der Waals surface area contributed by atoms with Crippen molar-refractivity contribution in [3.8, 4) is 23.1 Å². The number of nitrogens with zero attached hydrogens (tertiary/aromatic N) is 2. The van der Waals surface area contributed by atoms with Gasteiger partial charge in [0.1, 0.15) is 6.61 Å². The quantitative estimate of drug-likeness (QED) is 0.368. The number of para-hydroxylation sites is 2. The molecule has 0 aliphatic carbocycles. The lowest BCUT2D eigenvalue weighted by molar-refractivity contribution is 0.0988. The van der Waals surface area contributed by atoms with E-state index in [9.17, 15) is 18.3 Å². The second-order valence-corrected chi connectivity index (χ2v) is 10.3. The molecular weight excluding hydrogens is 488 g/mol. The first-order chi connectivity index (χ1) is 17.0. The highest BCUT2D eigenvalue weighted by Crippen LogP contribution is 2.40. The van der Waals surface area contributed by atoms with Gasteiger partial charge in [-0.15, -0.1) is 0 Å². The second kappa shape index (κ2) is 10.8. The minimum atomic E-state index is -4.19. The van der Waals surface area contributed by atoms with Crippen LogP contribution >= 0.6 is 0 Å². The number of anilines is 1. The molecular formula is C24H28N4O7S. The molecule has 0 spiro atoms. The molecule has 0 unspecified atom stereocenters. The zero-order valence-electron chi connectivity index (χ0n) is 20.3. The van der Waals surface area contributed by atoms with Crippen LogP contribution in [-0.4, -0.2) is 49.7 Å². The fourth-order valence-corrected chi connectivity index (χ4v) is 4.08. The van der Waals surface area contributed by atoms with Crippen LogP contribution in [0.3, 0.4) is 0 Å². The number of carbonyl (C=O) groups is 1. The molecule has 3 rings (SSSR count). The summed E-state index contributed by atoms with van der Waals surface area (Å²) in [4.78, 5) is 19.7. The number of sulfonamides is 1. The number of aliphatic hydroxyl groups is 1. The smallest absolute Gasteiger partial charge is 0.286 e. The summed E-state index contributed by atoms with van der Waals surface area (Å²) in [6.07, 6.45) is 0. The van der Waals surface area contributed by atoms with Gasteiger partial charge in [0.05, 0.1) is 18.6 Å². The predicted octanol–water partition coefficient (Wildman–Crippen LogP) is 2.85. The Hall–Kier alpha value is -3.90. The van der Waals surface area contributed by atoms with Crippen LogP contribution < -0.4 is 24.7 Å². The van der Waals surface area contributed by atoms with Gasteiger partial charge in [0, 0.05) is 0 Å². The van der Waals surface area contributed by atoms with Gasteiger partial charge in [-0.3, -0.25) is 9.52 Å². The SMILES string of the molecule is COc1ccccc1Oc1c(NS(=O)(=O)c2ccc(C(C)(C)C)cc2)nc(C(N)=O)nc1OCCO. The minimum Gasteiger partial charge on any atom is -0.493 e. The summed E-state index contributed by atoms with van der Waals surface area (Å²) < 4.78 is 45.5. The summed E-state index contributed by atoms with van der Waals surface area (Å²) in [7, 11) is -2.76. The van der Waals surface area contributed by atoms with Crippen LogP contribution in [0.2, 0.25) is 0 Å². The van der Waals surface area contributed by atoms with Crippen LogP contribution in [0.25, 0.3) is 0 Å². The molecule has 1 heterocycles. The third-order valence-electron chi connectivity index (χ3n) is 4.93. The van der Waals surface area contributed by atoms with E-state index < -0.39 is 27.6 Å². The molecule has 0 atom stereocenters. The summed E-state index contributed by atoms with van der Waals surface area (Å²) in [5, 5.41) is 9.22. The number of aromatic nitrogens is 2. The highest BCUT2D eigenvalue weighted by atomic mass is 32.2. The van der Waals surface area contributed by atoms with Crippen LogP contribution in [0.15, 0.2) is 53.4 Å². The number of hydrogen-bond donors (Lipinski definition) is 3. The number of nitrogens with two attached hydrogens (primary N) is 1. The number of hydrogen-bond acceptors (Lipinski definition) is 9. The Kier molecular flexibility index (Phi) is 8.00. The lowest BCUT2D eigenvalue weighted by atomic mass is 9.87. The average Bonchev–Trinajstić information content (AvgIpc) is 2.83. The van der Waals surface area contributed by atoms with Crippen molar-refractivity contribution in [3.05, 3.63) is 59.9 Å². The monoisotopic (exact) mass is 516 g/mol. The standard InChI is InChI=1S/C24H28N4O7S/c1-24(2,3)15-9-11-16(12-10-15)36(31,32)28-21-19(35-18-8-6-5-7-17(18)33-4)23(34-14-13-29)27-22(26-21)20(25)30/h5-12,29H,13-14H2,1-4H3,(H2,25,30)(H,26,27,28). The molecule has 0 saturated heterocycles. The average molecular weight is 517 g/mol. The molecule has 0 radical (unpaired) electrons. The van der Waals surface area contributed by atoms with Crippen LogP contribution in [0, 0.1) is 0 Å². The number of nitrogens with one attached hydrogen (secondary N) is 1. The number of methoxy groups -OCH3 is 1. The summed E-state index contributed by atoms with van der Waals surface area (Å²) in [5.74, 6) is -1.97. The Morgan fingerprint density at radius 2 is 1.69 bits per heavy atom. The zero-order valence-corrected chi connectivity index (χ0v) is 21.1. The predicted molar refractivity (Wildman–Crippen MR) is 132 cm³/mol. The number of benzene rings is 2. The first-order valence-electron chi connectivity index (χ1n) is 10.9. The van der Waals surface area contributed by atoms with Gasteiger partial charge in [0.15, 0.2) is 17.3 Å². The number of primary amides is 1. The van der Waals surface area contributed by atoms with Gasteiger partial charge in [-0.25, -0.2) is 13.4 Å². The van der Waals surface area contributed by atoms with Crippen LogP contribution in [0.4, 0.5) is 5.82 Å². The van der Waals surface area contributed by atoms with E-state index in [2.05, 4.69) is 14.7 Å². The maximum Gasteiger partial charge on any atom is 0.286 e. The number of ether oxygens (including phenoxy) is 3. The number of amides is 1. The lowest BCUT2D eigenvalue weighted by Gasteiger charge is -2.20. The zero-order chi connectivity index (χ0) is 26.5. The van der Waals surface area contributed by atoms with Crippen molar-refractivity contribution >= 4 is 21.7 Å². The highest BCUT2D eigenvalue weighted by molar-refractivity contribution is 7.92. The van der Waals surface area contributed by atoms with Gasteiger partial charge in [0.25, 0.3) is 21.8 Å². The van der Waals surface area contributed by atoms with E-state index in [-0.39, 0.29) is 40.9 Å². The number of aliphatic hydroxyl groups excluding tert-OH is 1. The Bertz CT molecular complexity index is 1340. The van der Waals surface area contributed by atoms with Gasteiger partial charge in [0.2, 0.25) is 11.6 Å². The summed E-state index contributed by atoms with van der Waals surface area (Å²) >= 11 is 0. The largest absolute Gasteiger partial charge is 0.493 e. The molecule has 2 aromatic carbocycles. The van der Waals surface area contributed by atoms with Crippen molar-refractivity contribution in [2.24, 2.45) is 5.73 Å². The Balaban J connectivity index is 2.12. The summed E-state index contributed by atoms with van der Waals surface area (Å²) in [6.45, 7) is 5.42. The van der Waals surface area contributed by atoms with Gasteiger partial charge >= 0.3 is 0 Å². The number of rotatable bonds is 10. The van der Waals surface area contributed by atoms with E-state index in [1.54, 1.807) is 36.4 Å². The van der Waals surface area contributed by atoms with E-state index in [0.29, 0.717) is 5.75 Å². The molecule has 4 N–H and O–H groups in total. The van der Waals surface area contributed by atoms with Gasteiger partial charge in [-0.05, 0) is 35.2 Å². The molecule has 0 aliphatic heterocycles.